The molecule has 19 heavy (non-hydrogen) atoms. The second-order valence-corrected chi connectivity index (χ2v) is 5.38. The van der Waals surface area contributed by atoms with Gasteiger partial charge in [0.25, 0.3) is 0 Å². The first-order valence-electron chi connectivity index (χ1n) is 6.36. The van der Waals surface area contributed by atoms with Crippen molar-refractivity contribution in [3.63, 3.8) is 0 Å². The lowest BCUT2D eigenvalue weighted by molar-refractivity contribution is 0.0166. The van der Waals surface area contributed by atoms with Gasteiger partial charge in [-0.25, -0.2) is 9.78 Å². The van der Waals surface area contributed by atoms with Crippen molar-refractivity contribution in [3.05, 3.63) is 22.8 Å². The van der Waals surface area contributed by atoms with Crippen LogP contribution in [0.2, 0.25) is 5.02 Å². The molecule has 1 aliphatic rings. The molecule has 0 spiro atoms. The second-order valence-electron chi connectivity index (χ2n) is 4.97. The molecule has 0 saturated heterocycles. The molecule has 1 aromatic rings. The number of halogens is 1. The van der Waals surface area contributed by atoms with Crippen LogP contribution < -0.4 is 5.32 Å². The van der Waals surface area contributed by atoms with Gasteiger partial charge in [0.05, 0.1) is 10.6 Å². The second kappa shape index (κ2) is 5.75. The van der Waals surface area contributed by atoms with E-state index in [1.807, 2.05) is 0 Å². The number of nitrogens with one attached hydrogen (secondary N) is 1. The van der Waals surface area contributed by atoms with E-state index in [0.29, 0.717) is 12.4 Å². The number of rotatable bonds is 4. The average molecular weight is 285 g/mol. The zero-order chi connectivity index (χ0) is 13.9. The van der Waals surface area contributed by atoms with E-state index in [1.54, 1.807) is 6.07 Å². The first kappa shape index (κ1) is 14.1. The first-order chi connectivity index (χ1) is 9.00. The summed E-state index contributed by atoms with van der Waals surface area (Å²) < 4.78 is 0. The topological polar surface area (TPSA) is 82.5 Å². The summed E-state index contributed by atoms with van der Waals surface area (Å²) in [5, 5.41) is 22.4. The Hall–Kier alpha value is -1.33. The lowest BCUT2D eigenvalue weighted by Crippen LogP contribution is -2.39. The predicted octanol–water partition coefficient (Wildman–Crippen LogP) is 2.54. The quantitative estimate of drug-likeness (QED) is 0.791. The molecular formula is C13H17ClN2O3. The summed E-state index contributed by atoms with van der Waals surface area (Å²) >= 11 is 5.75. The summed E-state index contributed by atoms with van der Waals surface area (Å²) in [5.41, 5.74) is -0.898. The van der Waals surface area contributed by atoms with Gasteiger partial charge in [0, 0.05) is 6.54 Å². The molecule has 1 heterocycles. The van der Waals surface area contributed by atoms with E-state index in [0.717, 1.165) is 32.1 Å². The van der Waals surface area contributed by atoms with Gasteiger partial charge in [0.15, 0.2) is 5.69 Å². The van der Waals surface area contributed by atoms with Gasteiger partial charge in [0.1, 0.15) is 5.82 Å². The number of hydrogen-bond donors (Lipinski definition) is 3. The number of carboxylic acid groups (broad SMARTS) is 1. The van der Waals surface area contributed by atoms with Crippen molar-refractivity contribution in [3.8, 4) is 0 Å². The van der Waals surface area contributed by atoms with Crippen LogP contribution >= 0.6 is 11.6 Å². The van der Waals surface area contributed by atoms with Gasteiger partial charge in [-0.3, -0.25) is 0 Å². The number of anilines is 1. The van der Waals surface area contributed by atoms with E-state index in [4.69, 9.17) is 16.7 Å². The third-order valence-corrected chi connectivity index (χ3v) is 3.74. The Morgan fingerprint density at radius 1 is 1.37 bits per heavy atom. The zero-order valence-corrected chi connectivity index (χ0v) is 11.3. The third-order valence-electron chi connectivity index (χ3n) is 3.43. The van der Waals surface area contributed by atoms with E-state index in [2.05, 4.69) is 10.3 Å². The van der Waals surface area contributed by atoms with Crippen LogP contribution in [0.3, 0.4) is 0 Å². The molecule has 104 valence electrons. The molecule has 0 amide bonds. The van der Waals surface area contributed by atoms with Gasteiger partial charge in [-0.15, -0.1) is 0 Å². The van der Waals surface area contributed by atoms with Crippen LogP contribution in [0.4, 0.5) is 5.82 Å². The highest BCUT2D eigenvalue weighted by Crippen LogP contribution is 2.28. The Bertz CT molecular complexity index is 473. The summed E-state index contributed by atoms with van der Waals surface area (Å²) in [4.78, 5) is 14.9. The number of aromatic nitrogens is 1. The zero-order valence-electron chi connectivity index (χ0n) is 10.5. The summed E-state index contributed by atoms with van der Waals surface area (Å²) in [6, 6.07) is 3.10. The number of carboxylic acids is 1. The summed E-state index contributed by atoms with van der Waals surface area (Å²) in [6.07, 6.45) is 4.72. The van der Waals surface area contributed by atoms with Crippen LogP contribution in [-0.4, -0.2) is 33.3 Å². The maximum atomic E-state index is 10.9. The lowest BCUT2D eigenvalue weighted by Gasteiger charge is -2.32. The highest BCUT2D eigenvalue weighted by atomic mass is 35.5. The maximum Gasteiger partial charge on any atom is 0.356 e. The molecular weight excluding hydrogens is 268 g/mol. The lowest BCUT2D eigenvalue weighted by atomic mass is 9.85. The van der Waals surface area contributed by atoms with Gasteiger partial charge >= 0.3 is 5.97 Å². The molecule has 0 atom stereocenters. The fraction of sp³-hybridized carbons (Fsp3) is 0.538. The van der Waals surface area contributed by atoms with E-state index in [-0.39, 0.29) is 10.7 Å². The van der Waals surface area contributed by atoms with Crippen molar-refractivity contribution < 1.29 is 15.0 Å². The molecule has 1 aromatic heterocycles. The monoisotopic (exact) mass is 284 g/mol. The van der Waals surface area contributed by atoms with Crippen LogP contribution in [0.25, 0.3) is 0 Å². The Labute approximate surface area is 116 Å². The highest BCUT2D eigenvalue weighted by molar-refractivity contribution is 6.33. The Balaban J connectivity index is 2.03. The number of hydrogen-bond acceptors (Lipinski definition) is 4. The summed E-state index contributed by atoms with van der Waals surface area (Å²) in [6.45, 7) is 0.376. The minimum absolute atomic E-state index is 0.106. The van der Waals surface area contributed by atoms with Crippen molar-refractivity contribution in [1.29, 1.82) is 0 Å². The number of aromatic carboxylic acids is 1. The molecule has 6 heteroatoms. The van der Waals surface area contributed by atoms with Crippen LogP contribution in [0.1, 0.15) is 42.6 Å². The molecule has 0 radical (unpaired) electrons. The van der Waals surface area contributed by atoms with Gasteiger partial charge in [-0.2, -0.15) is 0 Å². The average Bonchev–Trinajstić information content (AvgIpc) is 2.38. The molecule has 2 rings (SSSR count). The largest absolute Gasteiger partial charge is 0.476 e. The smallest absolute Gasteiger partial charge is 0.356 e. The standard InChI is InChI=1S/C13H17ClN2O3/c14-9-4-5-10(16-11(9)12(17)18)15-8-13(19)6-2-1-3-7-13/h4-5,19H,1-3,6-8H2,(H,15,16)(H,17,18). The summed E-state index contributed by atoms with van der Waals surface area (Å²) in [7, 11) is 0. The number of nitrogens with zero attached hydrogens (tertiary/aromatic N) is 1. The molecule has 3 N–H and O–H groups in total. The number of pyridine rings is 1. The Morgan fingerprint density at radius 2 is 2.05 bits per heavy atom. The SMILES string of the molecule is O=C(O)c1nc(NCC2(O)CCCCC2)ccc1Cl. The number of aliphatic hydroxyl groups is 1. The molecule has 0 aliphatic heterocycles. The maximum absolute atomic E-state index is 10.9. The highest BCUT2D eigenvalue weighted by Gasteiger charge is 2.28. The van der Waals surface area contributed by atoms with Crippen molar-refractivity contribution in [1.82, 2.24) is 4.98 Å². The van der Waals surface area contributed by atoms with Crippen molar-refractivity contribution in [2.24, 2.45) is 0 Å². The predicted molar refractivity (Wildman–Crippen MR) is 72.7 cm³/mol. The fourth-order valence-electron chi connectivity index (χ4n) is 2.33. The number of carbonyl (C=O) groups is 1. The van der Waals surface area contributed by atoms with Gasteiger partial charge in [-0.05, 0) is 25.0 Å². The van der Waals surface area contributed by atoms with E-state index in [1.165, 1.54) is 6.07 Å². The minimum atomic E-state index is -1.16. The van der Waals surface area contributed by atoms with E-state index < -0.39 is 11.6 Å². The van der Waals surface area contributed by atoms with Crippen molar-refractivity contribution in [2.75, 3.05) is 11.9 Å². The van der Waals surface area contributed by atoms with Gasteiger partial charge in [0.2, 0.25) is 0 Å². The third kappa shape index (κ3) is 3.58. The summed E-state index contributed by atoms with van der Waals surface area (Å²) in [5.74, 6) is -0.745. The molecule has 0 bridgehead atoms. The van der Waals surface area contributed by atoms with E-state index >= 15 is 0 Å². The molecule has 1 fully saturated rings. The molecule has 0 unspecified atom stereocenters. The van der Waals surface area contributed by atoms with Crippen molar-refractivity contribution in [2.45, 2.75) is 37.7 Å². The molecule has 0 aromatic carbocycles. The van der Waals surface area contributed by atoms with Crippen LogP contribution in [-0.2, 0) is 0 Å². The van der Waals surface area contributed by atoms with E-state index in [9.17, 15) is 9.90 Å². The molecule has 1 saturated carbocycles. The van der Waals surface area contributed by atoms with Gasteiger partial charge < -0.3 is 15.5 Å². The normalized spacial score (nSPS) is 18.0. The first-order valence-corrected chi connectivity index (χ1v) is 6.74. The molecule has 1 aliphatic carbocycles. The van der Waals surface area contributed by atoms with Crippen LogP contribution in [0.15, 0.2) is 12.1 Å². The Kier molecular flexibility index (Phi) is 4.27. The molecule has 5 nitrogen and oxygen atoms in total. The minimum Gasteiger partial charge on any atom is -0.476 e. The fourth-order valence-corrected chi connectivity index (χ4v) is 2.52. The van der Waals surface area contributed by atoms with Crippen molar-refractivity contribution >= 4 is 23.4 Å². The van der Waals surface area contributed by atoms with Crippen LogP contribution in [0.5, 0.6) is 0 Å². The Morgan fingerprint density at radius 3 is 2.68 bits per heavy atom. The van der Waals surface area contributed by atoms with Crippen LogP contribution in [0, 0.1) is 0 Å². The van der Waals surface area contributed by atoms with Gasteiger partial charge in [-0.1, -0.05) is 30.9 Å².